The van der Waals surface area contributed by atoms with Gasteiger partial charge in [0.25, 0.3) is 0 Å². The minimum atomic E-state index is -0.528. The van der Waals surface area contributed by atoms with Gasteiger partial charge in [-0.25, -0.2) is 9.78 Å². The average molecular weight is 268 g/mol. The number of aromatic nitrogens is 2. The number of amides is 1. The van der Waals surface area contributed by atoms with Crippen LogP contribution in [0, 0.1) is 5.41 Å². The molecule has 0 aliphatic carbocycles. The summed E-state index contributed by atoms with van der Waals surface area (Å²) in [6.45, 7) is 11.5. The van der Waals surface area contributed by atoms with Crippen molar-refractivity contribution < 1.29 is 9.53 Å². The molecule has 0 fully saturated rings. The van der Waals surface area contributed by atoms with Crippen LogP contribution in [-0.2, 0) is 4.74 Å². The van der Waals surface area contributed by atoms with Crippen LogP contribution in [0.2, 0.25) is 0 Å². The summed E-state index contributed by atoms with van der Waals surface area (Å²) in [5, 5.41) is 2.86. The number of carbonyl (C=O) groups is 1. The van der Waals surface area contributed by atoms with E-state index >= 15 is 0 Å². The second kappa shape index (κ2) is 5.11. The number of nitrogens with zero attached hydrogens (tertiary/aromatic N) is 1. The Bertz CT molecular complexity index is 440. The molecular formula is C13H24N4O2. The molecule has 6 nitrogen and oxygen atoms in total. The summed E-state index contributed by atoms with van der Waals surface area (Å²) in [4.78, 5) is 18.8. The molecule has 108 valence electrons. The number of hydrogen-bond acceptors (Lipinski definition) is 4. The molecule has 1 aromatic heterocycles. The second-order valence-corrected chi connectivity index (χ2v) is 6.67. The van der Waals surface area contributed by atoms with Crippen LogP contribution in [0.4, 0.5) is 10.7 Å². The highest BCUT2D eigenvalue weighted by Crippen LogP contribution is 2.32. The molecule has 0 spiro atoms. The molecule has 1 amide bonds. The van der Waals surface area contributed by atoms with Gasteiger partial charge < -0.3 is 20.8 Å². The van der Waals surface area contributed by atoms with Crippen molar-refractivity contribution in [2.24, 2.45) is 5.41 Å². The fraction of sp³-hybridized carbons (Fsp3) is 0.692. The normalized spacial score (nSPS) is 14.0. The molecule has 1 aromatic rings. The molecule has 1 atom stereocenters. The maximum atomic E-state index is 11.9. The largest absolute Gasteiger partial charge is 0.444 e. The first-order chi connectivity index (χ1) is 8.49. The van der Waals surface area contributed by atoms with E-state index in [0.717, 1.165) is 5.69 Å². The standard InChI is InChI=1S/C13H24N4O2/c1-12(2,3)9(8-7-15-10(14)16-8)17-11(18)19-13(4,5)6/h7,9H,1-6H3,(H,17,18)(H3,14,15,16). The minimum absolute atomic E-state index is 0.199. The number of nitrogens with one attached hydrogen (secondary N) is 2. The van der Waals surface area contributed by atoms with Gasteiger partial charge in [-0.15, -0.1) is 0 Å². The number of anilines is 1. The Kier molecular flexibility index (Phi) is 4.12. The van der Waals surface area contributed by atoms with E-state index in [-0.39, 0.29) is 11.5 Å². The molecule has 0 aliphatic rings. The highest BCUT2D eigenvalue weighted by atomic mass is 16.6. The molecule has 0 saturated carbocycles. The van der Waals surface area contributed by atoms with E-state index in [9.17, 15) is 4.79 Å². The highest BCUT2D eigenvalue weighted by molar-refractivity contribution is 5.68. The molecule has 0 aliphatic heterocycles. The van der Waals surface area contributed by atoms with Gasteiger partial charge in [0.1, 0.15) is 5.60 Å². The van der Waals surface area contributed by atoms with Gasteiger partial charge in [-0.3, -0.25) is 0 Å². The van der Waals surface area contributed by atoms with Gasteiger partial charge in [0.05, 0.1) is 17.9 Å². The van der Waals surface area contributed by atoms with E-state index in [0.29, 0.717) is 5.95 Å². The zero-order chi connectivity index (χ0) is 14.8. The van der Waals surface area contributed by atoms with Gasteiger partial charge in [-0.1, -0.05) is 20.8 Å². The molecule has 0 radical (unpaired) electrons. The Labute approximate surface area is 114 Å². The van der Waals surface area contributed by atoms with Crippen molar-refractivity contribution in [1.82, 2.24) is 15.3 Å². The molecule has 1 rings (SSSR count). The van der Waals surface area contributed by atoms with E-state index in [2.05, 4.69) is 15.3 Å². The second-order valence-electron chi connectivity index (χ2n) is 6.67. The van der Waals surface area contributed by atoms with Crippen molar-refractivity contribution in [2.75, 3.05) is 5.73 Å². The molecule has 1 heterocycles. The number of aromatic amines is 1. The van der Waals surface area contributed by atoms with Crippen molar-refractivity contribution >= 4 is 12.0 Å². The summed E-state index contributed by atoms with van der Waals surface area (Å²) in [5.41, 5.74) is 5.61. The number of nitrogens with two attached hydrogens (primary N) is 1. The lowest BCUT2D eigenvalue weighted by atomic mass is 9.85. The average Bonchev–Trinajstić information content (AvgIpc) is 2.56. The number of nitrogen functional groups attached to an aromatic ring is 1. The van der Waals surface area contributed by atoms with E-state index in [1.165, 1.54) is 0 Å². The Morgan fingerprint density at radius 2 is 1.95 bits per heavy atom. The van der Waals surface area contributed by atoms with Gasteiger partial charge in [-0.05, 0) is 26.2 Å². The number of ether oxygens (including phenoxy) is 1. The van der Waals surface area contributed by atoms with Crippen molar-refractivity contribution in [3.8, 4) is 0 Å². The number of imidazole rings is 1. The number of rotatable bonds is 2. The molecule has 0 aromatic carbocycles. The summed E-state index contributed by atoms with van der Waals surface area (Å²) in [7, 11) is 0. The fourth-order valence-electron chi connectivity index (χ4n) is 1.68. The third-order valence-corrected chi connectivity index (χ3v) is 2.45. The Hall–Kier alpha value is -1.72. The summed E-state index contributed by atoms with van der Waals surface area (Å²) in [6.07, 6.45) is 1.17. The van der Waals surface area contributed by atoms with Crippen molar-refractivity contribution in [1.29, 1.82) is 0 Å². The number of carbonyl (C=O) groups excluding carboxylic acids is 1. The summed E-state index contributed by atoms with van der Waals surface area (Å²) in [5.74, 6) is 0.329. The third kappa shape index (κ3) is 4.81. The molecule has 4 N–H and O–H groups in total. The zero-order valence-electron chi connectivity index (χ0n) is 12.5. The summed E-state index contributed by atoms with van der Waals surface area (Å²) in [6, 6.07) is -0.257. The van der Waals surface area contributed by atoms with Crippen LogP contribution in [0.25, 0.3) is 0 Å². The van der Waals surface area contributed by atoms with E-state index in [4.69, 9.17) is 10.5 Å². The Morgan fingerprint density at radius 1 is 1.37 bits per heavy atom. The maximum absolute atomic E-state index is 11.9. The fourth-order valence-corrected chi connectivity index (χ4v) is 1.68. The molecule has 19 heavy (non-hydrogen) atoms. The Morgan fingerprint density at radius 3 is 2.32 bits per heavy atom. The summed E-state index contributed by atoms with van der Waals surface area (Å²) >= 11 is 0. The zero-order valence-corrected chi connectivity index (χ0v) is 12.5. The van der Waals surface area contributed by atoms with Crippen molar-refractivity contribution in [3.63, 3.8) is 0 Å². The molecule has 1 unspecified atom stereocenters. The maximum Gasteiger partial charge on any atom is 0.408 e. The van der Waals surface area contributed by atoms with Gasteiger partial charge in [0.15, 0.2) is 5.95 Å². The first-order valence-corrected chi connectivity index (χ1v) is 6.29. The van der Waals surface area contributed by atoms with Gasteiger partial charge in [-0.2, -0.15) is 0 Å². The monoisotopic (exact) mass is 268 g/mol. The first-order valence-electron chi connectivity index (χ1n) is 6.29. The van der Waals surface area contributed by atoms with Crippen molar-refractivity contribution in [2.45, 2.75) is 53.2 Å². The van der Waals surface area contributed by atoms with E-state index < -0.39 is 11.7 Å². The predicted octanol–water partition coefficient (Wildman–Crippen LogP) is 2.60. The number of hydrogen-bond donors (Lipinski definition) is 3. The van der Waals surface area contributed by atoms with Gasteiger partial charge >= 0.3 is 6.09 Å². The van der Waals surface area contributed by atoms with Crippen LogP contribution in [0.15, 0.2) is 6.20 Å². The number of alkyl carbamates (subject to hydrolysis) is 1. The lowest BCUT2D eigenvalue weighted by Crippen LogP contribution is -2.40. The van der Waals surface area contributed by atoms with Crippen molar-refractivity contribution in [3.05, 3.63) is 11.9 Å². The smallest absolute Gasteiger partial charge is 0.408 e. The quantitative estimate of drug-likeness (QED) is 0.768. The topological polar surface area (TPSA) is 93.0 Å². The van der Waals surface area contributed by atoms with Crippen LogP contribution in [0.5, 0.6) is 0 Å². The predicted molar refractivity (Wildman–Crippen MR) is 74.6 cm³/mol. The summed E-state index contributed by atoms with van der Waals surface area (Å²) < 4.78 is 5.28. The lowest BCUT2D eigenvalue weighted by Gasteiger charge is -2.31. The van der Waals surface area contributed by atoms with Crippen LogP contribution in [-0.4, -0.2) is 21.7 Å². The van der Waals surface area contributed by atoms with Crippen LogP contribution < -0.4 is 11.1 Å². The first kappa shape index (κ1) is 15.3. The van der Waals surface area contributed by atoms with Gasteiger partial charge in [0, 0.05) is 0 Å². The van der Waals surface area contributed by atoms with Crippen LogP contribution in [0.1, 0.15) is 53.3 Å². The Balaban J connectivity index is 2.86. The van der Waals surface area contributed by atoms with Gasteiger partial charge in [0.2, 0.25) is 0 Å². The van der Waals surface area contributed by atoms with E-state index in [1.807, 2.05) is 41.5 Å². The minimum Gasteiger partial charge on any atom is -0.444 e. The molecule has 6 heteroatoms. The van der Waals surface area contributed by atoms with Crippen LogP contribution >= 0.6 is 0 Å². The number of H-pyrrole nitrogens is 1. The van der Waals surface area contributed by atoms with E-state index in [1.54, 1.807) is 6.20 Å². The lowest BCUT2D eigenvalue weighted by molar-refractivity contribution is 0.0460. The highest BCUT2D eigenvalue weighted by Gasteiger charge is 2.31. The molecule has 0 bridgehead atoms. The van der Waals surface area contributed by atoms with Crippen LogP contribution in [0.3, 0.4) is 0 Å². The molecule has 0 saturated heterocycles. The third-order valence-electron chi connectivity index (χ3n) is 2.45. The molecular weight excluding hydrogens is 244 g/mol. The SMILES string of the molecule is CC(C)(C)OC(=O)NC(c1cnc(N)[nH]1)C(C)(C)C.